The van der Waals surface area contributed by atoms with E-state index in [1.807, 2.05) is 11.8 Å². The van der Waals surface area contributed by atoms with Crippen molar-refractivity contribution < 1.29 is 4.74 Å². The molecule has 1 unspecified atom stereocenters. The summed E-state index contributed by atoms with van der Waals surface area (Å²) in [5.74, 6) is 1.21. The SMILES string of the molecule is CCCOCCCN=C1NC(CC)CCS1. The number of ether oxygens (including phenoxy) is 1. The van der Waals surface area contributed by atoms with Crippen molar-refractivity contribution in [1.82, 2.24) is 5.32 Å². The molecule has 3 nitrogen and oxygen atoms in total. The summed E-state index contributed by atoms with van der Waals surface area (Å²) in [6.45, 7) is 6.96. The second-order valence-corrected chi connectivity index (χ2v) is 5.12. The van der Waals surface area contributed by atoms with Gasteiger partial charge in [-0.3, -0.25) is 4.99 Å². The summed E-state index contributed by atoms with van der Waals surface area (Å²) < 4.78 is 5.42. The lowest BCUT2D eigenvalue weighted by atomic mass is 10.2. The average Bonchev–Trinajstić information content (AvgIpc) is 2.34. The van der Waals surface area contributed by atoms with Gasteiger partial charge >= 0.3 is 0 Å². The van der Waals surface area contributed by atoms with Gasteiger partial charge in [0.25, 0.3) is 0 Å². The number of aliphatic imine (C=N–C) groups is 1. The standard InChI is InChI=1S/C12H24N2OS/c1-3-8-15-9-5-7-13-12-14-11(4-2)6-10-16-12/h11H,3-10H2,1-2H3,(H,13,14). The number of hydrogen-bond acceptors (Lipinski definition) is 3. The quantitative estimate of drug-likeness (QED) is 0.699. The van der Waals surface area contributed by atoms with Crippen LogP contribution in [0.3, 0.4) is 0 Å². The zero-order valence-electron chi connectivity index (χ0n) is 10.5. The summed E-state index contributed by atoms with van der Waals surface area (Å²) in [6.07, 6.45) is 4.59. The first-order chi connectivity index (χ1) is 7.86. The Labute approximate surface area is 103 Å². The van der Waals surface area contributed by atoms with Crippen molar-refractivity contribution in [3.8, 4) is 0 Å². The van der Waals surface area contributed by atoms with E-state index in [1.165, 1.54) is 18.6 Å². The minimum Gasteiger partial charge on any atom is -0.381 e. The van der Waals surface area contributed by atoms with Gasteiger partial charge in [0.05, 0.1) is 0 Å². The molecule has 1 saturated heterocycles. The molecule has 1 aliphatic heterocycles. The molecule has 0 bridgehead atoms. The minimum absolute atomic E-state index is 0.636. The van der Waals surface area contributed by atoms with E-state index in [-0.39, 0.29) is 0 Å². The molecule has 0 aromatic heterocycles. The first-order valence-corrected chi connectivity index (χ1v) is 7.36. The topological polar surface area (TPSA) is 33.6 Å². The zero-order valence-corrected chi connectivity index (χ0v) is 11.3. The maximum atomic E-state index is 5.42. The van der Waals surface area contributed by atoms with Crippen LogP contribution in [-0.2, 0) is 4.74 Å². The molecule has 4 heteroatoms. The van der Waals surface area contributed by atoms with Crippen molar-refractivity contribution in [2.24, 2.45) is 4.99 Å². The van der Waals surface area contributed by atoms with Gasteiger partial charge in [0.1, 0.15) is 0 Å². The number of nitrogens with zero attached hydrogens (tertiary/aromatic N) is 1. The van der Waals surface area contributed by atoms with Gasteiger partial charge in [0.2, 0.25) is 0 Å². The zero-order chi connectivity index (χ0) is 11.6. The molecule has 1 N–H and O–H groups in total. The second kappa shape index (κ2) is 8.88. The van der Waals surface area contributed by atoms with Crippen molar-refractivity contribution in [2.75, 3.05) is 25.5 Å². The fraction of sp³-hybridized carbons (Fsp3) is 0.917. The number of amidine groups is 1. The Morgan fingerprint density at radius 1 is 1.44 bits per heavy atom. The smallest absolute Gasteiger partial charge is 0.156 e. The lowest BCUT2D eigenvalue weighted by Gasteiger charge is -2.24. The molecule has 16 heavy (non-hydrogen) atoms. The third-order valence-electron chi connectivity index (χ3n) is 2.58. The molecule has 0 amide bonds. The fourth-order valence-electron chi connectivity index (χ4n) is 1.58. The number of rotatable bonds is 7. The Kier molecular flexibility index (Phi) is 7.68. The Balaban J connectivity index is 2.08. The highest BCUT2D eigenvalue weighted by molar-refractivity contribution is 8.13. The van der Waals surface area contributed by atoms with Crippen LogP contribution >= 0.6 is 11.8 Å². The van der Waals surface area contributed by atoms with Gasteiger partial charge < -0.3 is 10.1 Å². The van der Waals surface area contributed by atoms with E-state index in [9.17, 15) is 0 Å². The number of nitrogens with one attached hydrogen (secondary N) is 1. The minimum atomic E-state index is 0.636. The fourth-order valence-corrected chi connectivity index (χ4v) is 2.61. The third-order valence-corrected chi connectivity index (χ3v) is 3.54. The Hall–Kier alpha value is -0.220. The van der Waals surface area contributed by atoms with E-state index in [4.69, 9.17) is 4.74 Å². The first-order valence-electron chi connectivity index (χ1n) is 6.38. The lowest BCUT2D eigenvalue weighted by Crippen LogP contribution is -2.37. The number of hydrogen-bond donors (Lipinski definition) is 1. The highest BCUT2D eigenvalue weighted by Crippen LogP contribution is 2.15. The van der Waals surface area contributed by atoms with Crippen LogP contribution in [0.25, 0.3) is 0 Å². The Morgan fingerprint density at radius 3 is 3.06 bits per heavy atom. The van der Waals surface area contributed by atoms with Gasteiger partial charge in [-0.2, -0.15) is 0 Å². The molecule has 0 radical (unpaired) electrons. The van der Waals surface area contributed by atoms with Crippen LogP contribution in [0.1, 0.15) is 39.5 Å². The van der Waals surface area contributed by atoms with Crippen LogP contribution in [0.5, 0.6) is 0 Å². The predicted molar refractivity (Wildman–Crippen MR) is 72.3 cm³/mol. The van der Waals surface area contributed by atoms with Crippen LogP contribution in [0.2, 0.25) is 0 Å². The molecule has 1 atom stereocenters. The van der Waals surface area contributed by atoms with Gasteiger partial charge in [0.15, 0.2) is 5.17 Å². The van der Waals surface area contributed by atoms with Crippen LogP contribution in [-0.4, -0.2) is 36.7 Å². The molecule has 0 aliphatic carbocycles. The Morgan fingerprint density at radius 2 is 2.31 bits per heavy atom. The van der Waals surface area contributed by atoms with E-state index < -0.39 is 0 Å². The summed E-state index contributed by atoms with van der Waals surface area (Å²) in [5, 5.41) is 4.61. The predicted octanol–water partition coefficient (Wildman–Crippen LogP) is 2.66. The van der Waals surface area contributed by atoms with Gasteiger partial charge in [-0.15, -0.1) is 0 Å². The molecule has 1 heterocycles. The van der Waals surface area contributed by atoms with Crippen molar-refractivity contribution in [1.29, 1.82) is 0 Å². The molecular weight excluding hydrogens is 220 g/mol. The molecule has 0 aromatic carbocycles. The van der Waals surface area contributed by atoms with Crippen molar-refractivity contribution in [3.05, 3.63) is 0 Å². The molecule has 0 aromatic rings. The van der Waals surface area contributed by atoms with E-state index in [0.29, 0.717) is 6.04 Å². The van der Waals surface area contributed by atoms with Gasteiger partial charge in [-0.25, -0.2) is 0 Å². The molecule has 94 valence electrons. The maximum absolute atomic E-state index is 5.42. The van der Waals surface area contributed by atoms with Crippen molar-refractivity contribution in [2.45, 2.75) is 45.6 Å². The highest BCUT2D eigenvalue weighted by atomic mass is 32.2. The molecule has 0 saturated carbocycles. The normalized spacial score (nSPS) is 23.4. The summed E-state index contributed by atoms with van der Waals surface area (Å²) >= 11 is 1.85. The van der Waals surface area contributed by atoms with Crippen LogP contribution < -0.4 is 5.32 Å². The number of thioether (sulfide) groups is 1. The van der Waals surface area contributed by atoms with Gasteiger partial charge in [-0.1, -0.05) is 25.6 Å². The molecule has 1 rings (SSSR count). The summed E-state index contributed by atoms with van der Waals surface area (Å²) in [6, 6.07) is 0.636. The van der Waals surface area contributed by atoms with Gasteiger partial charge in [-0.05, 0) is 25.7 Å². The largest absolute Gasteiger partial charge is 0.381 e. The van der Waals surface area contributed by atoms with Crippen molar-refractivity contribution >= 4 is 16.9 Å². The molecule has 0 spiro atoms. The van der Waals surface area contributed by atoms with Gasteiger partial charge in [0, 0.05) is 31.6 Å². The summed E-state index contributed by atoms with van der Waals surface area (Å²) in [7, 11) is 0. The van der Waals surface area contributed by atoms with Crippen LogP contribution in [0.15, 0.2) is 4.99 Å². The van der Waals surface area contributed by atoms with E-state index in [2.05, 4.69) is 24.2 Å². The van der Waals surface area contributed by atoms with E-state index in [0.717, 1.165) is 37.8 Å². The maximum Gasteiger partial charge on any atom is 0.156 e. The Bertz CT molecular complexity index is 209. The lowest BCUT2D eigenvalue weighted by molar-refractivity contribution is 0.134. The average molecular weight is 244 g/mol. The molecule has 1 fully saturated rings. The van der Waals surface area contributed by atoms with E-state index >= 15 is 0 Å². The van der Waals surface area contributed by atoms with Crippen molar-refractivity contribution in [3.63, 3.8) is 0 Å². The summed E-state index contributed by atoms with van der Waals surface area (Å²) in [4.78, 5) is 4.57. The highest BCUT2D eigenvalue weighted by Gasteiger charge is 2.14. The monoisotopic (exact) mass is 244 g/mol. The van der Waals surface area contributed by atoms with E-state index in [1.54, 1.807) is 0 Å². The summed E-state index contributed by atoms with van der Waals surface area (Å²) in [5.41, 5.74) is 0. The first kappa shape index (κ1) is 13.8. The molecular formula is C12H24N2OS. The molecule has 1 aliphatic rings. The third kappa shape index (κ3) is 5.75. The van der Waals surface area contributed by atoms with Crippen LogP contribution in [0.4, 0.5) is 0 Å². The van der Waals surface area contributed by atoms with Crippen LogP contribution in [0, 0.1) is 0 Å². The second-order valence-electron chi connectivity index (χ2n) is 4.04.